The molecular formula is C23H21N7OS2. The third-order valence-electron chi connectivity index (χ3n) is 5.50. The minimum Gasteiger partial charge on any atom is -0.397 e. The first kappa shape index (κ1) is 21.4. The summed E-state index contributed by atoms with van der Waals surface area (Å²) in [4.78, 5) is 18.4. The van der Waals surface area contributed by atoms with Gasteiger partial charge in [0.15, 0.2) is 5.82 Å². The van der Waals surface area contributed by atoms with Gasteiger partial charge >= 0.3 is 0 Å². The van der Waals surface area contributed by atoms with Crippen LogP contribution in [-0.2, 0) is 11.2 Å². The number of H-pyrrole nitrogens is 2. The van der Waals surface area contributed by atoms with Gasteiger partial charge in [-0.25, -0.2) is 0 Å². The van der Waals surface area contributed by atoms with Crippen molar-refractivity contribution in [3.8, 4) is 11.1 Å². The van der Waals surface area contributed by atoms with E-state index in [-0.39, 0.29) is 5.91 Å². The largest absolute Gasteiger partial charge is 0.397 e. The zero-order valence-corrected chi connectivity index (χ0v) is 19.2. The van der Waals surface area contributed by atoms with Crippen LogP contribution in [0.2, 0.25) is 0 Å². The van der Waals surface area contributed by atoms with Crippen molar-refractivity contribution >= 4 is 56.9 Å². The predicted molar refractivity (Wildman–Crippen MR) is 135 cm³/mol. The zero-order valence-electron chi connectivity index (χ0n) is 17.6. The molecule has 0 spiro atoms. The number of benzene rings is 2. The van der Waals surface area contributed by atoms with E-state index < -0.39 is 0 Å². The first-order valence-electron chi connectivity index (χ1n) is 10.5. The highest BCUT2D eigenvalue weighted by Gasteiger charge is 2.31. The van der Waals surface area contributed by atoms with Gasteiger partial charge in [-0.15, -0.1) is 10.2 Å². The summed E-state index contributed by atoms with van der Waals surface area (Å²) in [5.41, 5.74) is 10.9. The number of amides is 1. The van der Waals surface area contributed by atoms with Crippen LogP contribution in [0, 0.1) is 0 Å². The fourth-order valence-electron chi connectivity index (χ4n) is 3.86. The summed E-state index contributed by atoms with van der Waals surface area (Å²) in [6, 6.07) is 14.1. The number of aryl methyl sites for hydroxylation is 1. The second-order valence-corrected chi connectivity index (χ2v) is 9.43. The molecule has 2 aromatic carbocycles. The van der Waals surface area contributed by atoms with Gasteiger partial charge < -0.3 is 10.7 Å². The smallest absolute Gasteiger partial charge is 0.266 e. The number of thiocarbonyl (C=S) groups is 1. The Kier molecular flexibility index (Phi) is 5.93. The summed E-state index contributed by atoms with van der Waals surface area (Å²) in [6.45, 7) is 0.579. The number of hydrogen-bond acceptors (Lipinski definition) is 7. The van der Waals surface area contributed by atoms with Crippen molar-refractivity contribution in [1.82, 2.24) is 30.5 Å². The van der Waals surface area contributed by atoms with Crippen molar-refractivity contribution in [3.63, 3.8) is 0 Å². The average molecular weight is 476 g/mol. The molecule has 1 amide bonds. The van der Waals surface area contributed by atoms with Crippen LogP contribution in [0.25, 0.3) is 28.1 Å². The second-order valence-electron chi connectivity index (χ2n) is 7.75. The van der Waals surface area contributed by atoms with E-state index in [1.165, 1.54) is 11.8 Å². The van der Waals surface area contributed by atoms with E-state index in [9.17, 15) is 4.79 Å². The molecule has 4 aromatic rings. The molecule has 1 aliphatic rings. The first-order valence-corrected chi connectivity index (χ1v) is 11.8. The minimum absolute atomic E-state index is 0.0482. The molecule has 0 radical (unpaired) electrons. The summed E-state index contributed by atoms with van der Waals surface area (Å²) in [5, 5.41) is 15.0. The average Bonchev–Trinajstić information content (AvgIpc) is 3.55. The number of carbonyl (C=O) groups excluding carboxylic acids is 1. The quantitative estimate of drug-likeness (QED) is 0.159. The third kappa shape index (κ3) is 4.53. The van der Waals surface area contributed by atoms with E-state index in [1.54, 1.807) is 4.90 Å². The van der Waals surface area contributed by atoms with E-state index >= 15 is 0 Å². The second kappa shape index (κ2) is 9.16. The first-order chi connectivity index (χ1) is 16.1. The fourth-order valence-corrected chi connectivity index (χ4v) is 5.17. The van der Waals surface area contributed by atoms with Gasteiger partial charge in [0.05, 0.1) is 16.1 Å². The van der Waals surface area contributed by atoms with Crippen molar-refractivity contribution in [2.45, 2.75) is 19.3 Å². The Morgan fingerprint density at radius 1 is 1.15 bits per heavy atom. The van der Waals surface area contributed by atoms with Crippen molar-refractivity contribution < 1.29 is 4.79 Å². The molecule has 1 saturated heterocycles. The molecular weight excluding hydrogens is 454 g/mol. The van der Waals surface area contributed by atoms with Gasteiger partial charge in [-0.1, -0.05) is 47.4 Å². The highest BCUT2D eigenvalue weighted by Crippen LogP contribution is 2.34. The van der Waals surface area contributed by atoms with Crippen LogP contribution in [0.4, 0.5) is 5.69 Å². The molecule has 2 aromatic heterocycles. The lowest BCUT2D eigenvalue weighted by atomic mass is 10.0. The fraction of sp³-hybridized carbons (Fsp3) is 0.174. The predicted octanol–water partition coefficient (Wildman–Crippen LogP) is 4.15. The molecule has 0 saturated carbocycles. The van der Waals surface area contributed by atoms with Crippen LogP contribution >= 0.6 is 24.0 Å². The maximum Gasteiger partial charge on any atom is 0.266 e. The number of thioether (sulfide) groups is 1. The Balaban J connectivity index is 1.29. The third-order valence-corrected chi connectivity index (χ3v) is 6.88. The van der Waals surface area contributed by atoms with Crippen LogP contribution in [0.1, 0.15) is 24.2 Å². The van der Waals surface area contributed by atoms with E-state index in [0.29, 0.717) is 33.7 Å². The number of nitrogens with zero attached hydrogens (tertiary/aromatic N) is 4. The number of anilines is 1. The SMILES string of the molecule is Nc1cc(-c2cccc(/C=C3\SC(=S)N(CCCCc4nn[nH]n4)C3=O)c2)cc2cc[nH]c12. The van der Waals surface area contributed by atoms with Crippen molar-refractivity contribution in [3.05, 3.63) is 65.0 Å². The number of unbranched alkanes of at least 4 members (excludes halogenated alkanes) is 1. The number of tetrazole rings is 1. The maximum absolute atomic E-state index is 12.9. The highest BCUT2D eigenvalue weighted by molar-refractivity contribution is 8.26. The zero-order chi connectivity index (χ0) is 22.8. The Labute approximate surface area is 199 Å². The van der Waals surface area contributed by atoms with Crippen LogP contribution in [0.3, 0.4) is 0 Å². The Hall–Kier alpha value is -3.50. The highest BCUT2D eigenvalue weighted by atomic mass is 32.2. The van der Waals surface area contributed by atoms with Crippen molar-refractivity contribution in [2.24, 2.45) is 0 Å². The van der Waals surface area contributed by atoms with Gasteiger partial charge in [-0.3, -0.25) is 9.69 Å². The normalized spacial score (nSPS) is 15.3. The van der Waals surface area contributed by atoms with Crippen molar-refractivity contribution in [2.75, 3.05) is 12.3 Å². The summed E-state index contributed by atoms with van der Waals surface area (Å²) in [5.74, 6) is 0.630. The number of nitrogen functional groups attached to an aromatic ring is 1. The van der Waals surface area contributed by atoms with E-state index in [1.807, 2.05) is 42.6 Å². The molecule has 3 heterocycles. The van der Waals surface area contributed by atoms with Crippen LogP contribution in [0.5, 0.6) is 0 Å². The number of hydrogen-bond donors (Lipinski definition) is 3. The number of fused-ring (bicyclic) bond motifs is 1. The van der Waals surface area contributed by atoms with E-state index in [4.69, 9.17) is 18.0 Å². The molecule has 4 N–H and O–H groups in total. The van der Waals surface area contributed by atoms with Crippen LogP contribution in [-0.4, -0.2) is 47.3 Å². The summed E-state index contributed by atoms with van der Waals surface area (Å²) >= 11 is 6.81. The molecule has 0 bridgehead atoms. The van der Waals surface area contributed by atoms with Crippen LogP contribution < -0.4 is 5.73 Å². The number of nitrogens with one attached hydrogen (secondary N) is 2. The Bertz CT molecular complexity index is 1360. The van der Waals surface area contributed by atoms with Crippen molar-refractivity contribution in [1.29, 1.82) is 0 Å². The molecule has 5 rings (SSSR count). The number of rotatable bonds is 7. The molecule has 0 unspecified atom stereocenters. The molecule has 10 heteroatoms. The van der Waals surface area contributed by atoms with E-state index in [0.717, 1.165) is 40.4 Å². The summed E-state index contributed by atoms with van der Waals surface area (Å²) in [7, 11) is 0. The Morgan fingerprint density at radius 2 is 2.06 bits per heavy atom. The standard InChI is InChI=1S/C23H21N7OS2/c24-18-13-17(12-16-7-8-25-21(16)18)15-5-3-4-14(10-15)11-19-22(31)30(23(32)33-19)9-2-1-6-20-26-28-29-27-20/h3-5,7-8,10-13,25H,1-2,6,9,24H2,(H,26,27,28,29)/b19-11-. The number of aromatic amines is 2. The summed E-state index contributed by atoms with van der Waals surface area (Å²) < 4.78 is 0.590. The minimum atomic E-state index is -0.0482. The molecule has 33 heavy (non-hydrogen) atoms. The number of aromatic nitrogens is 5. The molecule has 1 fully saturated rings. The number of nitrogens with two attached hydrogens (primary N) is 1. The topological polar surface area (TPSA) is 117 Å². The van der Waals surface area contributed by atoms with Gasteiger partial charge in [-0.2, -0.15) is 5.21 Å². The monoisotopic (exact) mass is 475 g/mol. The van der Waals surface area contributed by atoms with Crippen LogP contribution in [0.15, 0.2) is 53.6 Å². The van der Waals surface area contributed by atoms with Gasteiger partial charge in [0, 0.05) is 24.5 Å². The summed E-state index contributed by atoms with van der Waals surface area (Å²) in [6.07, 6.45) is 6.17. The lowest BCUT2D eigenvalue weighted by Gasteiger charge is -2.13. The Morgan fingerprint density at radius 3 is 2.91 bits per heavy atom. The number of carbonyl (C=O) groups is 1. The lowest BCUT2D eigenvalue weighted by molar-refractivity contribution is -0.122. The van der Waals surface area contributed by atoms with Gasteiger partial charge in [0.1, 0.15) is 4.32 Å². The maximum atomic E-state index is 12.9. The molecule has 166 valence electrons. The molecule has 1 aliphatic heterocycles. The molecule has 0 aliphatic carbocycles. The molecule has 8 nitrogen and oxygen atoms in total. The van der Waals surface area contributed by atoms with E-state index in [2.05, 4.69) is 37.7 Å². The molecule has 0 atom stereocenters. The van der Waals surface area contributed by atoms with Gasteiger partial charge in [-0.05, 0) is 59.9 Å². The van der Waals surface area contributed by atoms with Gasteiger partial charge in [0.2, 0.25) is 0 Å². The lowest BCUT2D eigenvalue weighted by Crippen LogP contribution is -2.29. The van der Waals surface area contributed by atoms with Gasteiger partial charge in [0.25, 0.3) is 5.91 Å².